The number of unbranched alkanes of at least 4 members (excludes halogenated alkanes) is 2. The number of aliphatic carboxylic acids is 4. The number of hydrogen-bond donors (Lipinski definition) is 29. The van der Waals surface area contributed by atoms with Crippen LogP contribution >= 0.6 is 0 Å². The van der Waals surface area contributed by atoms with Crippen LogP contribution in [-0.4, -0.2) is 273 Å². The summed E-state index contributed by atoms with van der Waals surface area (Å²) in [6, 6.07) is -14.7. The van der Waals surface area contributed by atoms with Gasteiger partial charge in [-0.25, -0.2) is 4.79 Å². The van der Waals surface area contributed by atoms with Crippen molar-refractivity contribution in [2.24, 2.45) is 52.2 Å². The van der Waals surface area contributed by atoms with Crippen molar-refractivity contribution in [1.82, 2.24) is 85.1 Å². The molecule has 0 saturated carbocycles. The Morgan fingerprint density at radius 2 is 0.675 bits per heavy atom. The zero-order chi connectivity index (χ0) is 95.6. The van der Waals surface area contributed by atoms with E-state index in [1.165, 1.54) is 13.8 Å². The van der Waals surface area contributed by atoms with Gasteiger partial charge in [-0.1, -0.05) is 71.9 Å². The monoisotopic (exact) mass is 1790 g/mol. The maximum atomic E-state index is 14.8. The number of benzene rings is 1. The van der Waals surface area contributed by atoms with Gasteiger partial charge in [-0.2, -0.15) is 0 Å². The maximum Gasteiger partial charge on any atom is 0.326 e. The van der Waals surface area contributed by atoms with Crippen LogP contribution in [0.5, 0.6) is 0 Å². The van der Waals surface area contributed by atoms with E-state index in [1.807, 2.05) is 0 Å². The van der Waals surface area contributed by atoms with E-state index in [0.717, 1.165) is 0 Å². The second kappa shape index (κ2) is 59.4. The molecule has 0 heterocycles. The molecular formula is C78H132N24O24. The molecule has 0 unspecified atom stereocenters. The number of aliphatic hydroxyl groups is 1. The van der Waals surface area contributed by atoms with Gasteiger partial charge in [0.05, 0.1) is 25.5 Å². The number of guanidine groups is 2. The van der Waals surface area contributed by atoms with Crippen LogP contribution in [0.3, 0.4) is 0 Å². The lowest BCUT2D eigenvalue weighted by Gasteiger charge is -2.29. The molecule has 1 rings (SSSR count). The van der Waals surface area contributed by atoms with E-state index in [2.05, 4.69) is 85.1 Å². The number of hydrogen-bond acceptors (Lipinski definition) is 25. The topological polar surface area (TPSA) is 822 Å². The molecule has 15 amide bonds. The average molecular weight is 1790 g/mol. The summed E-state index contributed by atoms with van der Waals surface area (Å²) >= 11 is 0. The normalized spacial score (nSPS) is 14.7. The molecule has 48 heteroatoms. The summed E-state index contributed by atoms with van der Waals surface area (Å²) in [5.74, 6) is -24.2. The Hall–Kier alpha value is -12.5. The maximum absolute atomic E-state index is 14.8. The molecule has 15 atom stereocenters. The first-order chi connectivity index (χ1) is 59.1. The Kier molecular flexibility index (Phi) is 52.6. The van der Waals surface area contributed by atoms with Crippen LogP contribution in [0.15, 0.2) is 30.3 Å². The Bertz CT molecular complexity index is 3840. The van der Waals surface area contributed by atoms with Crippen molar-refractivity contribution in [3.05, 3.63) is 35.9 Å². The van der Waals surface area contributed by atoms with Gasteiger partial charge in [0.15, 0.2) is 11.9 Å². The molecule has 35 N–H and O–H groups in total. The summed E-state index contributed by atoms with van der Waals surface area (Å²) in [6.07, 6.45) is -6.76. The lowest BCUT2D eigenvalue weighted by Crippen LogP contribution is -2.61. The number of amides is 15. The van der Waals surface area contributed by atoms with Crippen LogP contribution in [0.4, 0.5) is 0 Å². The van der Waals surface area contributed by atoms with Crippen LogP contribution in [-0.2, 0) is 97.5 Å². The summed E-state index contributed by atoms with van der Waals surface area (Å²) in [7, 11) is 0. The second-order valence-electron chi connectivity index (χ2n) is 31.6. The van der Waals surface area contributed by atoms with Crippen LogP contribution in [0, 0.1) is 28.6 Å². The molecule has 0 fully saturated rings. The van der Waals surface area contributed by atoms with Gasteiger partial charge in [0.25, 0.3) is 0 Å². The van der Waals surface area contributed by atoms with E-state index < -0.39 is 273 Å². The first-order valence-electron chi connectivity index (χ1n) is 41.5. The number of rotatable bonds is 64. The number of carbonyl (C=O) groups is 19. The highest BCUT2D eigenvalue weighted by Crippen LogP contribution is 2.16. The Morgan fingerprint density at radius 3 is 1.05 bits per heavy atom. The van der Waals surface area contributed by atoms with E-state index in [1.54, 1.807) is 71.9 Å². The minimum atomic E-state index is -2.10. The van der Waals surface area contributed by atoms with Crippen molar-refractivity contribution < 1.29 is 117 Å². The zero-order valence-electron chi connectivity index (χ0n) is 72.4. The number of nitrogens with one attached hydrogen (secondary N) is 18. The standard InChI is InChI=1S/C78H132N24O24/c1-39(2)32-51(101-75(124)62(82)43(8)103)64(113)89-38-58(105)91-49(24-26-59(106)107)69(118)99-54(35-44-18-10-9-11-19-44)73(122)98-52(33-40(3)4)71(120)94-46(21-13-15-29-80)67(116)97-53(34-41(5)6)72(121)100-55(37-61(110)111)74(123)95-48(23-17-31-88-78(85)86)66(115)96-50(25-27-60(108)109)70(119)93-47(22-16-30-87-77(83)84)65(114)90-42(7)63(112)92-45(20-12-14-28-79)68(117)102-56(76(125)126)36-57(81)104/h9-11,18-19,39-43,45-56,62,103H,12-17,20-38,79-80,82H2,1-8H3,(H2,81,104)(H,89,113)(H,90,114)(H,91,105)(H,92,112)(H,93,119)(H,94,120)(H,95,123)(H,96,115)(H,97,116)(H,98,122)(H,99,118)(H,100,121)(H,101,124)(H,102,117)(H,106,107)(H,108,109)(H,110,111)(H,125,126)(H4,83,84,87)(H4,85,86,88)/t42-,43+,45-,46-,47-,48-,49-,50-,51-,52-,53-,54-,55-,56-,62-/m0/s1. The highest BCUT2D eigenvalue weighted by Gasteiger charge is 2.39. The molecule has 0 aliphatic carbocycles. The molecule has 0 aliphatic heterocycles. The van der Waals surface area contributed by atoms with Gasteiger partial charge in [0.1, 0.15) is 84.6 Å². The molecule has 0 aliphatic rings. The third kappa shape index (κ3) is 46.9. The van der Waals surface area contributed by atoms with Gasteiger partial charge in [-0.05, 0) is 147 Å². The highest BCUT2D eigenvalue weighted by molar-refractivity contribution is 6.01. The molecular weight excluding hydrogens is 1660 g/mol. The number of nitrogens with two attached hydrogens (primary N) is 6. The zero-order valence-corrected chi connectivity index (χ0v) is 72.4. The molecule has 0 bridgehead atoms. The minimum absolute atomic E-state index is 0.0475. The average Bonchev–Trinajstić information content (AvgIpc) is 0.849. The predicted octanol–water partition coefficient (Wildman–Crippen LogP) is -7.54. The molecule has 0 aromatic heterocycles. The van der Waals surface area contributed by atoms with Crippen molar-refractivity contribution in [3.8, 4) is 0 Å². The lowest BCUT2D eigenvalue weighted by atomic mass is 9.99. The lowest BCUT2D eigenvalue weighted by molar-refractivity contribution is -0.144. The quantitative estimate of drug-likeness (QED) is 0.0164. The van der Waals surface area contributed by atoms with Crippen molar-refractivity contribution in [3.63, 3.8) is 0 Å². The van der Waals surface area contributed by atoms with E-state index >= 15 is 0 Å². The molecule has 1 aromatic rings. The fraction of sp³-hybridized carbons (Fsp3) is 0.654. The number of carboxylic acid groups (broad SMARTS) is 4. The number of primary amides is 1. The van der Waals surface area contributed by atoms with Gasteiger partial charge < -0.3 is 145 Å². The van der Waals surface area contributed by atoms with Crippen LogP contribution < -0.4 is 119 Å². The number of aliphatic hydroxyl groups excluding tert-OH is 1. The molecule has 48 nitrogen and oxygen atoms in total. The largest absolute Gasteiger partial charge is 0.481 e. The van der Waals surface area contributed by atoms with Gasteiger partial charge in [-0.15, -0.1) is 0 Å². The Balaban J connectivity index is 3.84. The van der Waals surface area contributed by atoms with Crippen LogP contribution in [0.25, 0.3) is 0 Å². The van der Waals surface area contributed by atoms with Gasteiger partial charge in [0.2, 0.25) is 88.6 Å². The minimum Gasteiger partial charge on any atom is -0.481 e. The SMILES string of the molecule is CC(C)C[C@H](NC(=O)[C@H](Cc1ccccc1)NC(=O)[C@H](CCC(=O)O)NC(=O)CNC(=O)[C@H](CC(C)C)NC(=O)[C@@H](N)[C@@H](C)O)C(=O)N[C@@H](CCCCN)C(=O)N[C@@H](CC(C)C)C(=O)N[C@@H](CC(=O)O)C(=O)N[C@@H](CCCNC(=N)N)C(=O)N[C@@H](CCC(=O)O)C(=O)N[C@@H](CCCNC(=N)N)C(=O)N[C@@H](C)C(=O)N[C@@H](CCCCN)C(=O)N[C@@H](CC(N)=O)C(=O)O. The summed E-state index contributed by atoms with van der Waals surface area (Å²) < 4.78 is 0. The highest BCUT2D eigenvalue weighted by atomic mass is 16.4. The molecule has 0 saturated heterocycles. The summed E-state index contributed by atoms with van der Waals surface area (Å²) in [5.41, 5.74) is 33.8. The Morgan fingerprint density at radius 1 is 0.349 bits per heavy atom. The smallest absolute Gasteiger partial charge is 0.326 e. The van der Waals surface area contributed by atoms with E-state index in [0.29, 0.717) is 18.4 Å². The van der Waals surface area contributed by atoms with Crippen molar-refractivity contribution >= 4 is 124 Å². The van der Waals surface area contributed by atoms with Gasteiger partial charge in [0, 0.05) is 32.4 Å². The van der Waals surface area contributed by atoms with Gasteiger partial charge in [-0.3, -0.25) is 97.1 Å². The molecule has 0 radical (unpaired) electrons. The van der Waals surface area contributed by atoms with E-state index in [9.17, 15) is 117 Å². The van der Waals surface area contributed by atoms with Crippen molar-refractivity contribution in [1.29, 1.82) is 10.8 Å². The van der Waals surface area contributed by atoms with E-state index in [-0.39, 0.29) is 109 Å². The molecule has 126 heavy (non-hydrogen) atoms. The first kappa shape index (κ1) is 112. The molecule has 0 spiro atoms. The predicted molar refractivity (Wildman–Crippen MR) is 454 cm³/mol. The third-order valence-electron chi connectivity index (χ3n) is 18.9. The second-order valence-corrected chi connectivity index (χ2v) is 31.6. The summed E-state index contributed by atoms with van der Waals surface area (Å²) in [4.78, 5) is 258. The van der Waals surface area contributed by atoms with E-state index in [4.69, 9.17) is 45.2 Å². The number of carboxylic acids is 4. The van der Waals surface area contributed by atoms with Crippen LogP contribution in [0.1, 0.15) is 183 Å². The van der Waals surface area contributed by atoms with Crippen molar-refractivity contribution in [2.45, 2.75) is 274 Å². The third-order valence-corrected chi connectivity index (χ3v) is 18.9. The fourth-order valence-corrected chi connectivity index (χ4v) is 12.3. The number of carbonyl (C=O) groups excluding carboxylic acids is 15. The summed E-state index contributed by atoms with van der Waals surface area (Å²) in [6.45, 7) is 11.8. The fourth-order valence-electron chi connectivity index (χ4n) is 12.3. The first-order valence-corrected chi connectivity index (χ1v) is 41.5. The summed E-state index contributed by atoms with van der Waals surface area (Å²) in [5, 5.41) is 103. The Labute approximate surface area is 729 Å². The molecule has 1 aromatic carbocycles. The molecule has 708 valence electrons. The van der Waals surface area contributed by atoms with Crippen LogP contribution in [0.2, 0.25) is 0 Å². The van der Waals surface area contributed by atoms with Gasteiger partial charge >= 0.3 is 23.9 Å². The van der Waals surface area contributed by atoms with Crippen molar-refractivity contribution in [2.75, 3.05) is 32.7 Å².